The molecule has 6 nitrogen and oxygen atoms in total. The van der Waals surface area contributed by atoms with Crippen LogP contribution in [0.25, 0.3) is 0 Å². The molecular weight excluding hydrogens is 304 g/mol. The summed E-state index contributed by atoms with van der Waals surface area (Å²) in [5.41, 5.74) is 1.36. The Morgan fingerprint density at radius 2 is 2.04 bits per heavy atom. The third-order valence-electron chi connectivity index (χ3n) is 4.91. The van der Waals surface area contributed by atoms with E-state index in [1.807, 2.05) is 6.92 Å². The van der Waals surface area contributed by atoms with Gasteiger partial charge in [-0.25, -0.2) is 0 Å². The van der Waals surface area contributed by atoms with Crippen molar-refractivity contribution in [3.63, 3.8) is 0 Å². The predicted octanol–water partition coefficient (Wildman–Crippen LogP) is 1.72. The van der Waals surface area contributed by atoms with Gasteiger partial charge in [-0.15, -0.1) is 0 Å². The first kappa shape index (κ1) is 15.7. The van der Waals surface area contributed by atoms with Gasteiger partial charge in [0.25, 0.3) is 0 Å². The summed E-state index contributed by atoms with van der Waals surface area (Å²) in [4.78, 5) is 9.34. The van der Waals surface area contributed by atoms with Crippen LogP contribution in [-0.2, 0) is 24.2 Å². The highest BCUT2D eigenvalue weighted by Crippen LogP contribution is 2.25. The number of aryl methyl sites for hydroxylation is 1. The van der Waals surface area contributed by atoms with Crippen LogP contribution < -0.4 is 0 Å². The van der Waals surface area contributed by atoms with E-state index in [-0.39, 0.29) is 6.10 Å². The summed E-state index contributed by atoms with van der Waals surface area (Å²) in [6, 6.07) is 11.1. The van der Waals surface area contributed by atoms with Crippen LogP contribution in [0.15, 0.2) is 34.9 Å². The SMILES string of the molecule is CCc1noc(CN2C[C@@H]3OCCN(Cc4ccccc4)[C@@H]3C2)n1. The lowest BCUT2D eigenvalue weighted by atomic mass is 10.1. The number of rotatable bonds is 5. The number of ether oxygens (including phenoxy) is 1. The van der Waals surface area contributed by atoms with Gasteiger partial charge in [0.05, 0.1) is 25.3 Å². The van der Waals surface area contributed by atoms with Crippen molar-refractivity contribution < 1.29 is 9.26 Å². The lowest BCUT2D eigenvalue weighted by molar-refractivity contribution is -0.0504. The van der Waals surface area contributed by atoms with Crippen molar-refractivity contribution in [2.45, 2.75) is 38.6 Å². The highest BCUT2D eigenvalue weighted by Gasteiger charge is 2.40. The van der Waals surface area contributed by atoms with E-state index in [0.29, 0.717) is 18.5 Å². The Morgan fingerprint density at radius 1 is 1.17 bits per heavy atom. The molecule has 1 aromatic heterocycles. The Bertz CT molecular complexity index is 660. The van der Waals surface area contributed by atoms with Crippen LogP contribution in [0.2, 0.25) is 0 Å². The molecule has 0 aliphatic carbocycles. The van der Waals surface area contributed by atoms with E-state index in [0.717, 1.165) is 45.0 Å². The van der Waals surface area contributed by atoms with Crippen LogP contribution in [-0.4, -0.2) is 58.3 Å². The van der Waals surface area contributed by atoms with E-state index in [9.17, 15) is 0 Å². The smallest absolute Gasteiger partial charge is 0.240 e. The standard InChI is InChI=1S/C18H24N4O2/c1-2-17-19-18(24-20-17)13-21-11-15-16(12-21)23-9-8-22(15)10-14-6-4-3-5-7-14/h3-7,15-16H,2,8-13H2,1H3/t15-,16+/m1/s1. The molecule has 2 aromatic rings. The Kier molecular flexibility index (Phi) is 4.60. The minimum Gasteiger partial charge on any atom is -0.374 e. The van der Waals surface area contributed by atoms with Crippen molar-refractivity contribution in [1.29, 1.82) is 0 Å². The van der Waals surface area contributed by atoms with Crippen molar-refractivity contribution in [1.82, 2.24) is 19.9 Å². The molecule has 0 saturated carbocycles. The van der Waals surface area contributed by atoms with Crippen molar-refractivity contribution in [3.05, 3.63) is 47.6 Å². The number of nitrogens with zero attached hydrogens (tertiary/aromatic N) is 4. The van der Waals surface area contributed by atoms with Crippen LogP contribution >= 0.6 is 0 Å². The van der Waals surface area contributed by atoms with E-state index in [1.54, 1.807) is 0 Å². The van der Waals surface area contributed by atoms with Crippen molar-refractivity contribution in [3.8, 4) is 0 Å². The van der Waals surface area contributed by atoms with Gasteiger partial charge >= 0.3 is 0 Å². The number of hydrogen-bond donors (Lipinski definition) is 0. The van der Waals surface area contributed by atoms with Gasteiger partial charge in [0.1, 0.15) is 0 Å². The molecule has 0 N–H and O–H groups in total. The molecule has 24 heavy (non-hydrogen) atoms. The quantitative estimate of drug-likeness (QED) is 0.833. The van der Waals surface area contributed by atoms with Crippen LogP contribution in [0.3, 0.4) is 0 Å². The highest BCUT2D eigenvalue weighted by atomic mass is 16.5. The molecule has 1 aromatic carbocycles. The van der Waals surface area contributed by atoms with Gasteiger partial charge in [0.2, 0.25) is 5.89 Å². The maximum atomic E-state index is 6.01. The Hall–Kier alpha value is -1.76. The number of benzene rings is 1. The van der Waals surface area contributed by atoms with Crippen LogP contribution in [0.4, 0.5) is 0 Å². The lowest BCUT2D eigenvalue weighted by Gasteiger charge is -2.37. The van der Waals surface area contributed by atoms with E-state index < -0.39 is 0 Å². The van der Waals surface area contributed by atoms with Gasteiger partial charge in [0.15, 0.2) is 5.82 Å². The average molecular weight is 328 g/mol. The third-order valence-corrected chi connectivity index (χ3v) is 4.91. The molecule has 0 radical (unpaired) electrons. The number of morpholine rings is 1. The molecule has 2 atom stereocenters. The molecular formula is C18H24N4O2. The Labute approximate surface area is 142 Å². The highest BCUT2D eigenvalue weighted by molar-refractivity contribution is 5.15. The zero-order valence-corrected chi connectivity index (χ0v) is 14.1. The van der Waals surface area contributed by atoms with Crippen LogP contribution in [0.5, 0.6) is 0 Å². The second-order valence-electron chi connectivity index (χ2n) is 6.58. The molecule has 2 saturated heterocycles. The van der Waals surface area contributed by atoms with E-state index in [4.69, 9.17) is 9.26 Å². The van der Waals surface area contributed by atoms with Crippen LogP contribution in [0, 0.1) is 0 Å². The molecule has 4 rings (SSSR count). The lowest BCUT2D eigenvalue weighted by Crippen LogP contribution is -2.50. The zero-order chi connectivity index (χ0) is 16.4. The van der Waals surface area contributed by atoms with E-state index in [2.05, 4.69) is 50.3 Å². The Balaban J connectivity index is 1.40. The van der Waals surface area contributed by atoms with Crippen LogP contribution in [0.1, 0.15) is 24.2 Å². The third kappa shape index (κ3) is 3.36. The van der Waals surface area contributed by atoms with Gasteiger partial charge in [-0.2, -0.15) is 4.98 Å². The molecule has 0 amide bonds. The number of fused-ring (bicyclic) bond motifs is 1. The maximum Gasteiger partial charge on any atom is 0.240 e. The molecule has 2 aliphatic rings. The molecule has 0 unspecified atom stereocenters. The van der Waals surface area contributed by atoms with Gasteiger partial charge in [-0.3, -0.25) is 9.80 Å². The average Bonchev–Trinajstić information content (AvgIpc) is 3.23. The first-order valence-corrected chi connectivity index (χ1v) is 8.75. The maximum absolute atomic E-state index is 6.01. The Morgan fingerprint density at radius 3 is 2.83 bits per heavy atom. The van der Waals surface area contributed by atoms with E-state index in [1.165, 1.54) is 5.56 Å². The second kappa shape index (κ2) is 7.01. The summed E-state index contributed by atoms with van der Waals surface area (Å²) >= 11 is 0. The summed E-state index contributed by atoms with van der Waals surface area (Å²) in [6.45, 7) is 7.45. The number of likely N-dealkylation sites (tertiary alicyclic amines) is 1. The number of hydrogen-bond acceptors (Lipinski definition) is 6. The predicted molar refractivity (Wildman–Crippen MR) is 89.3 cm³/mol. The first-order valence-electron chi connectivity index (χ1n) is 8.75. The normalized spacial score (nSPS) is 25.0. The summed E-state index contributed by atoms with van der Waals surface area (Å²) in [7, 11) is 0. The molecule has 2 aliphatic heterocycles. The van der Waals surface area contributed by atoms with Crippen molar-refractivity contribution >= 4 is 0 Å². The molecule has 0 spiro atoms. The fraction of sp³-hybridized carbons (Fsp3) is 0.556. The molecule has 2 fully saturated rings. The summed E-state index contributed by atoms with van der Waals surface area (Å²) in [5.74, 6) is 1.49. The fourth-order valence-corrected chi connectivity index (χ4v) is 3.67. The van der Waals surface area contributed by atoms with Gasteiger partial charge in [-0.05, 0) is 5.56 Å². The summed E-state index contributed by atoms with van der Waals surface area (Å²) in [6.07, 6.45) is 1.08. The molecule has 0 bridgehead atoms. The fourth-order valence-electron chi connectivity index (χ4n) is 3.67. The number of aromatic nitrogens is 2. The van der Waals surface area contributed by atoms with Gasteiger partial charge in [-0.1, -0.05) is 42.4 Å². The zero-order valence-electron chi connectivity index (χ0n) is 14.1. The molecule has 128 valence electrons. The summed E-state index contributed by atoms with van der Waals surface area (Å²) in [5, 5.41) is 3.98. The summed E-state index contributed by atoms with van der Waals surface area (Å²) < 4.78 is 11.4. The minimum atomic E-state index is 0.274. The van der Waals surface area contributed by atoms with Gasteiger partial charge in [0, 0.05) is 32.6 Å². The van der Waals surface area contributed by atoms with Gasteiger partial charge < -0.3 is 9.26 Å². The second-order valence-corrected chi connectivity index (χ2v) is 6.58. The first-order chi connectivity index (χ1) is 11.8. The monoisotopic (exact) mass is 328 g/mol. The topological polar surface area (TPSA) is 54.6 Å². The largest absolute Gasteiger partial charge is 0.374 e. The van der Waals surface area contributed by atoms with E-state index >= 15 is 0 Å². The minimum absolute atomic E-state index is 0.274. The molecule has 6 heteroatoms. The molecule has 3 heterocycles. The van der Waals surface area contributed by atoms with Crippen molar-refractivity contribution in [2.24, 2.45) is 0 Å². The van der Waals surface area contributed by atoms with Crippen molar-refractivity contribution in [2.75, 3.05) is 26.2 Å².